The maximum Gasteiger partial charge on any atom is 0.338 e. The van der Waals surface area contributed by atoms with Crippen LogP contribution >= 0.6 is 0 Å². The number of phenolic OH excluding ortho intramolecular Hbond substituents is 1. The van der Waals surface area contributed by atoms with Crippen molar-refractivity contribution in [3.8, 4) is 16.9 Å². The zero-order valence-corrected chi connectivity index (χ0v) is 13.2. The normalized spacial score (nSPS) is 10.3. The molecule has 0 aromatic heterocycles. The van der Waals surface area contributed by atoms with Gasteiger partial charge in [0.25, 0.3) is 0 Å². The summed E-state index contributed by atoms with van der Waals surface area (Å²) in [6.45, 7) is 0.310. The predicted molar refractivity (Wildman–Crippen MR) is 94.0 cm³/mol. The highest BCUT2D eigenvalue weighted by Crippen LogP contribution is 2.19. The summed E-state index contributed by atoms with van der Waals surface area (Å²) < 4.78 is 5.31. The van der Waals surface area contributed by atoms with Gasteiger partial charge >= 0.3 is 5.97 Å². The molecule has 3 aromatic carbocycles. The number of rotatable bonds is 5. The lowest BCUT2D eigenvalue weighted by molar-refractivity contribution is 0.0509. The van der Waals surface area contributed by atoms with Gasteiger partial charge in [0, 0.05) is 6.42 Å². The van der Waals surface area contributed by atoms with E-state index in [9.17, 15) is 9.90 Å². The van der Waals surface area contributed by atoms with E-state index >= 15 is 0 Å². The van der Waals surface area contributed by atoms with E-state index in [4.69, 9.17) is 4.74 Å². The second-order valence-corrected chi connectivity index (χ2v) is 5.50. The number of carbonyl (C=O) groups excluding carboxylic acids is 1. The molecule has 0 amide bonds. The van der Waals surface area contributed by atoms with Gasteiger partial charge in [0.1, 0.15) is 5.75 Å². The molecule has 0 saturated heterocycles. The quantitative estimate of drug-likeness (QED) is 0.707. The lowest BCUT2D eigenvalue weighted by Crippen LogP contribution is -2.08. The van der Waals surface area contributed by atoms with Gasteiger partial charge in [-0.2, -0.15) is 0 Å². The van der Waals surface area contributed by atoms with Crippen LogP contribution in [-0.2, 0) is 11.2 Å². The lowest BCUT2D eigenvalue weighted by Gasteiger charge is -2.06. The van der Waals surface area contributed by atoms with Crippen molar-refractivity contribution in [1.82, 2.24) is 0 Å². The van der Waals surface area contributed by atoms with Crippen LogP contribution in [0.3, 0.4) is 0 Å². The third-order valence-corrected chi connectivity index (χ3v) is 3.79. The van der Waals surface area contributed by atoms with Gasteiger partial charge in [0.05, 0.1) is 12.2 Å². The number of phenols is 1. The average Bonchev–Trinajstić information content (AvgIpc) is 2.64. The summed E-state index contributed by atoms with van der Waals surface area (Å²) in [5.74, 6) is -0.0948. The Balaban J connectivity index is 1.56. The summed E-state index contributed by atoms with van der Waals surface area (Å²) in [5, 5.41) is 9.24. The summed E-state index contributed by atoms with van der Waals surface area (Å²) in [6.07, 6.45) is 0.619. The molecule has 0 radical (unpaired) electrons. The van der Waals surface area contributed by atoms with E-state index in [1.54, 1.807) is 24.3 Å². The third kappa shape index (κ3) is 4.02. The van der Waals surface area contributed by atoms with Crippen molar-refractivity contribution in [2.24, 2.45) is 0 Å². The van der Waals surface area contributed by atoms with Gasteiger partial charge in [0.15, 0.2) is 0 Å². The van der Waals surface area contributed by atoms with Crippen molar-refractivity contribution < 1.29 is 14.6 Å². The highest BCUT2D eigenvalue weighted by atomic mass is 16.5. The van der Waals surface area contributed by atoms with Crippen molar-refractivity contribution in [3.63, 3.8) is 0 Å². The number of benzene rings is 3. The Labute approximate surface area is 141 Å². The second kappa shape index (κ2) is 7.47. The largest absolute Gasteiger partial charge is 0.508 e. The van der Waals surface area contributed by atoms with Crippen molar-refractivity contribution >= 4 is 5.97 Å². The van der Waals surface area contributed by atoms with Crippen molar-refractivity contribution in [3.05, 3.63) is 90.0 Å². The Morgan fingerprint density at radius 2 is 1.42 bits per heavy atom. The molecule has 0 spiro atoms. The van der Waals surface area contributed by atoms with Gasteiger partial charge in [-0.3, -0.25) is 0 Å². The second-order valence-electron chi connectivity index (χ2n) is 5.50. The molecule has 0 aliphatic carbocycles. The number of hydrogen-bond donors (Lipinski definition) is 1. The Morgan fingerprint density at radius 3 is 2.08 bits per heavy atom. The molecule has 120 valence electrons. The zero-order chi connectivity index (χ0) is 16.8. The molecule has 3 nitrogen and oxygen atoms in total. The van der Waals surface area contributed by atoms with Crippen LogP contribution in [0.15, 0.2) is 78.9 Å². The van der Waals surface area contributed by atoms with Crippen molar-refractivity contribution in [2.45, 2.75) is 6.42 Å². The minimum Gasteiger partial charge on any atom is -0.508 e. The van der Waals surface area contributed by atoms with Gasteiger partial charge in [-0.1, -0.05) is 54.6 Å². The molecule has 24 heavy (non-hydrogen) atoms. The molecule has 1 N–H and O–H groups in total. The number of ether oxygens (including phenoxy) is 1. The first-order valence-corrected chi connectivity index (χ1v) is 7.83. The predicted octanol–water partition coefficient (Wildman–Crippen LogP) is 4.46. The van der Waals surface area contributed by atoms with Crippen LogP contribution in [0.25, 0.3) is 11.1 Å². The number of aromatic hydroxyl groups is 1. The van der Waals surface area contributed by atoms with Gasteiger partial charge in [-0.25, -0.2) is 4.79 Å². The summed E-state index contributed by atoms with van der Waals surface area (Å²) in [7, 11) is 0. The molecule has 3 rings (SSSR count). The number of hydrogen-bond acceptors (Lipinski definition) is 3. The van der Waals surface area contributed by atoms with Gasteiger partial charge < -0.3 is 9.84 Å². The zero-order valence-electron chi connectivity index (χ0n) is 13.2. The molecular formula is C21H18O3. The van der Waals surface area contributed by atoms with E-state index in [1.807, 2.05) is 54.6 Å². The van der Waals surface area contributed by atoms with Crippen LogP contribution in [0.2, 0.25) is 0 Å². The molecule has 0 bridgehead atoms. The Bertz CT molecular complexity index is 791. The molecule has 0 aliphatic heterocycles. The first-order valence-electron chi connectivity index (χ1n) is 7.83. The molecule has 0 saturated carbocycles. The molecular weight excluding hydrogens is 300 g/mol. The van der Waals surface area contributed by atoms with E-state index < -0.39 is 0 Å². The fourth-order valence-corrected chi connectivity index (χ4v) is 2.44. The summed E-state index contributed by atoms with van der Waals surface area (Å²) >= 11 is 0. The minimum atomic E-state index is -0.326. The maximum atomic E-state index is 12.1. The van der Waals surface area contributed by atoms with Crippen molar-refractivity contribution in [1.29, 1.82) is 0 Å². The molecule has 0 aliphatic rings. The monoisotopic (exact) mass is 318 g/mol. The van der Waals surface area contributed by atoms with E-state index in [1.165, 1.54) is 0 Å². The fraction of sp³-hybridized carbons (Fsp3) is 0.0952. The topological polar surface area (TPSA) is 46.5 Å². The van der Waals surface area contributed by atoms with Crippen LogP contribution in [0.4, 0.5) is 0 Å². The number of carbonyl (C=O) groups is 1. The molecule has 0 unspecified atom stereocenters. The SMILES string of the molecule is O=C(OCCc1ccc(O)cc1)c1ccc(-c2ccccc2)cc1. The van der Waals surface area contributed by atoms with E-state index in [0.29, 0.717) is 18.6 Å². The van der Waals surface area contributed by atoms with Crippen LogP contribution in [0.5, 0.6) is 5.75 Å². The highest BCUT2D eigenvalue weighted by Gasteiger charge is 2.07. The van der Waals surface area contributed by atoms with Crippen molar-refractivity contribution in [2.75, 3.05) is 6.61 Å². The molecule has 3 aromatic rings. The first-order chi connectivity index (χ1) is 11.7. The minimum absolute atomic E-state index is 0.231. The van der Waals surface area contributed by atoms with E-state index in [2.05, 4.69) is 0 Å². The first kappa shape index (κ1) is 15.8. The van der Waals surface area contributed by atoms with Crippen LogP contribution in [0.1, 0.15) is 15.9 Å². The smallest absolute Gasteiger partial charge is 0.338 e. The van der Waals surface area contributed by atoms with Crippen LogP contribution in [-0.4, -0.2) is 17.7 Å². The third-order valence-electron chi connectivity index (χ3n) is 3.79. The standard InChI is InChI=1S/C21H18O3/c22-20-12-6-16(7-13-20)14-15-24-21(23)19-10-8-18(9-11-19)17-4-2-1-3-5-17/h1-13,22H,14-15H2. The molecule has 0 fully saturated rings. The summed E-state index contributed by atoms with van der Waals surface area (Å²) in [5.41, 5.74) is 3.74. The molecule has 0 atom stereocenters. The molecule has 0 heterocycles. The maximum absolute atomic E-state index is 12.1. The Hall–Kier alpha value is -3.07. The van der Waals surface area contributed by atoms with E-state index in [0.717, 1.165) is 16.7 Å². The van der Waals surface area contributed by atoms with Gasteiger partial charge in [-0.15, -0.1) is 0 Å². The van der Waals surface area contributed by atoms with Gasteiger partial charge in [0.2, 0.25) is 0 Å². The summed E-state index contributed by atoms with van der Waals surface area (Å²) in [4.78, 5) is 12.1. The van der Waals surface area contributed by atoms with E-state index in [-0.39, 0.29) is 11.7 Å². The molecule has 3 heteroatoms. The summed E-state index contributed by atoms with van der Waals surface area (Å²) in [6, 6.07) is 24.3. The number of esters is 1. The highest BCUT2D eigenvalue weighted by molar-refractivity contribution is 5.90. The fourth-order valence-electron chi connectivity index (χ4n) is 2.44. The Morgan fingerprint density at radius 1 is 0.792 bits per heavy atom. The Kier molecular flexibility index (Phi) is 4.92. The average molecular weight is 318 g/mol. The lowest BCUT2D eigenvalue weighted by atomic mass is 10.0. The van der Waals surface area contributed by atoms with Crippen LogP contribution < -0.4 is 0 Å². The van der Waals surface area contributed by atoms with Crippen LogP contribution in [0, 0.1) is 0 Å². The van der Waals surface area contributed by atoms with Gasteiger partial charge in [-0.05, 0) is 41.0 Å².